The molecule has 2 aromatic rings. The van der Waals surface area contributed by atoms with E-state index in [0.717, 1.165) is 0 Å². The second kappa shape index (κ2) is 10.1. The molecule has 0 aliphatic heterocycles. The number of nitrogens with zero attached hydrogens (tertiary/aromatic N) is 1. The van der Waals surface area contributed by atoms with Gasteiger partial charge in [0.2, 0.25) is 5.91 Å². The molecule has 1 N–H and O–H groups in total. The summed E-state index contributed by atoms with van der Waals surface area (Å²) in [5.74, 6) is -1.01. The van der Waals surface area contributed by atoms with Crippen LogP contribution >= 0.6 is 23.2 Å². The monoisotopic (exact) mass is 454 g/mol. The summed E-state index contributed by atoms with van der Waals surface area (Å²) in [5, 5.41) is 3.54. The third-order valence-electron chi connectivity index (χ3n) is 4.21. The van der Waals surface area contributed by atoms with E-state index in [0.29, 0.717) is 10.6 Å². The van der Waals surface area contributed by atoms with Gasteiger partial charge in [-0.25, -0.2) is 4.39 Å². The number of carbonyl (C=O) groups is 2. The van der Waals surface area contributed by atoms with E-state index in [9.17, 15) is 14.0 Å². The fraction of sp³-hybridized carbons (Fsp3) is 0.364. The molecule has 0 unspecified atom stereocenters. The van der Waals surface area contributed by atoms with Gasteiger partial charge in [0.1, 0.15) is 17.6 Å². The Kier molecular flexibility index (Phi) is 8.10. The maximum atomic E-state index is 14.2. The number of ether oxygens (including phenoxy) is 1. The molecule has 8 heteroatoms. The van der Waals surface area contributed by atoms with Crippen LogP contribution in [0.3, 0.4) is 0 Å². The topological polar surface area (TPSA) is 58.6 Å². The first-order valence-electron chi connectivity index (χ1n) is 9.40. The number of rotatable bonds is 7. The lowest BCUT2D eigenvalue weighted by Gasteiger charge is -2.31. The van der Waals surface area contributed by atoms with Gasteiger partial charge in [-0.15, -0.1) is 0 Å². The highest BCUT2D eigenvalue weighted by Crippen LogP contribution is 2.27. The fourth-order valence-electron chi connectivity index (χ4n) is 2.68. The van der Waals surface area contributed by atoms with Gasteiger partial charge in [-0.3, -0.25) is 9.59 Å². The van der Waals surface area contributed by atoms with Gasteiger partial charge in [0, 0.05) is 22.7 Å². The Bertz CT molecular complexity index is 915. The lowest BCUT2D eigenvalue weighted by molar-refractivity contribution is -0.142. The van der Waals surface area contributed by atoms with Crippen molar-refractivity contribution in [2.75, 3.05) is 6.61 Å². The van der Waals surface area contributed by atoms with E-state index >= 15 is 0 Å². The van der Waals surface area contributed by atoms with Gasteiger partial charge in [0.15, 0.2) is 6.61 Å². The van der Waals surface area contributed by atoms with Gasteiger partial charge < -0.3 is 15.0 Å². The number of halogens is 3. The SMILES string of the molecule is C[C@@H](C(=O)NC(C)(C)C)N(Cc1ccccc1F)C(=O)COc1ccc(Cl)cc1Cl. The van der Waals surface area contributed by atoms with E-state index in [1.54, 1.807) is 37.3 Å². The van der Waals surface area contributed by atoms with E-state index < -0.39 is 23.3 Å². The van der Waals surface area contributed by atoms with Crippen molar-refractivity contribution in [1.82, 2.24) is 10.2 Å². The van der Waals surface area contributed by atoms with Gasteiger partial charge in [-0.05, 0) is 52.0 Å². The average molecular weight is 455 g/mol. The molecule has 30 heavy (non-hydrogen) atoms. The summed E-state index contributed by atoms with van der Waals surface area (Å²) in [6, 6.07) is 9.90. The molecule has 0 bridgehead atoms. The highest BCUT2D eigenvalue weighted by molar-refractivity contribution is 6.35. The third-order valence-corrected chi connectivity index (χ3v) is 4.74. The molecule has 0 aliphatic rings. The molecule has 162 valence electrons. The number of benzene rings is 2. The van der Waals surface area contributed by atoms with Crippen LogP contribution in [0.4, 0.5) is 4.39 Å². The van der Waals surface area contributed by atoms with Crippen LogP contribution in [0.25, 0.3) is 0 Å². The number of hydrogen-bond donors (Lipinski definition) is 1. The maximum absolute atomic E-state index is 14.2. The van der Waals surface area contributed by atoms with Gasteiger partial charge >= 0.3 is 0 Å². The molecule has 0 aromatic heterocycles. The second-order valence-corrected chi connectivity index (χ2v) is 8.74. The van der Waals surface area contributed by atoms with Crippen LogP contribution in [-0.2, 0) is 16.1 Å². The molecular formula is C22H25Cl2FN2O3. The van der Waals surface area contributed by atoms with Crippen LogP contribution < -0.4 is 10.1 Å². The van der Waals surface area contributed by atoms with Gasteiger partial charge in [0.05, 0.1) is 5.02 Å². The summed E-state index contributed by atoms with van der Waals surface area (Å²) in [6.45, 7) is 6.66. The van der Waals surface area contributed by atoms with Crippen molar-refractivity contribution in [2.24, 2.45) is 0 Å². The molecule has 2 rings (SSSR count). The summed E-state index contributed by atoms with van der Waals surface area (Å²) in [4.78, 5) is 26.9. The zero-order valence-electron chi connectivity index (χ0n) is 17.3. The molecule has 0 fully saturated rings. The first-order valence-corrected chi connectivity index (χ1v) is 10.2. The minimum absolute atomic E-state index is 0.0814. The Balaban J connectivity index is 2.21. The molecular weight excluding hydrogens is 430 g/mol. The molecule has 0 radical (unpaired) electrons. The van der Waals surface area contributed by atoms with Crippen molar-refractivity contribution < 1.29 is 18.7 Å². The van der Waals surface area contributed by atoms with E-state index in [1.807, 2.05) is 20.8 Å². The molecule has 1 atom stereocenters. The van der Waals surface area contributed by atoms with Crippen LogP contribution in [0.2, 0.25) is 10.0 Å². The third kappa shape index (κ3) is 6.89. The lowest BCUT2D eigenvalue weighted by atomic mass is 10.1. The van der Waals surface area contributed by atoms with Crippen LogP contribution in [0.15, 0.2) is 42.5 Å². The summed E-state index contributed by atoms with van der Waals surface area (Å²) in [5.41, 5.74) is -0.184. The Hall–Kier alpha value is -2.31. The maximum Gasteiger partial charge on any atom is 0.261 e. The zero-order valence-corrected chi connectivity index (χ0v) is 18.9. The minimum Gasteiger partial charge on any atom is -0.482 e. The number of hydrogen-bond acceptors (Lipinski definition) is 3. The molecule has 2 aromatic carbocycles. The van der Waals surface area contributed by atoms with Gasteiger partial charge in [-0.1, -0.05) is 41.4 Å². The molecule has 5 nitrogen and oxygen atoms in total. The number of nitrogens with one attached hydrogen (secondary N) is 1. The van der Waals surface area contributed by atoms with E-state index in [-0.39, 0.29) is 29.8 Å². The zero-order chi connectivity index (χ0) is 22.5. The average Bonchev–Trinajstić information content (AvgIpc) is 2.64. The molecule has 0 heterocycles. The first-order chi connectivity index (χ1) is 14.0. The van der Waals surface area contributed by atoms with Crippen molar-refractivity contribution in [3.8, 4) is 5.75 Å². The van der Waals surface area contributed by atoms with Crippen LogP contribution in [0.5, 0.6) is 5.75 Å². The normalized spacial score (nSPS) is 12.2. The van der Waals surface area contributed by atoms with Crippen LogP contribution in [-0.4, -0.2) is 34.9 Å². The first kappa shape index (κ1) is 24.0. The van der Waals surface area contributed by atoms with Crippen molar-refractivity contribution in [3.63, 3.8) is 0 Å². The highest BCUT2D eigenvalue weighted by atomic mass is 35.5. The number of carbonyl (C=O) groups excluding carboxylic acids is 2. The van der Waals surface area contributed by atoms with Gasteiger partial charge in [0.25, 0.3) is 5.91 Å². The second-order valence-electron chi connectivity index (χ2n) is 7.89. The van der Waals surface area contributed by atoms with E-state index in [2.05, 4.69) is 5.32 Å². The summed E-state index contributed by atoms with van der Waals surface area (Å²) < 4.78 is 19.7. The van der Waals surface area contributed by atoms with Gasteiger partial charge in [-0.2, -0.15) is 0 Å². The highest BCUT2D eigenvalue weighted by Gasteiger charge is 2.29. The Morgan fingerprint density at radius 2 is 1.83 bits per heavy atom. The van der Waals surface area contributed by atoms with Crippen LogP contribution in [0, 0.1) is 5.82 Å². The van der Waals surface area contributed by atoms with Crippen molar-refractivity contribution in [3.05, 3.63) is 63.9 Å². The smallest absolute Gasteiger partial charge is 0.261 e. The molecule has 0 spiro atoms. The largest absolute Gasteiger partial charge is 0.482 e. The quantitative estimate of drug-likeness (QED) is 0.650. The van der Waals surface area contributed by atoms with E-state index in [1.165, 1.54) is 17.0 Å². The van der Waals surface area contributed by atoms with E-state index in [4.69, 9.17) is 27.9 Å². The summed E-state index contributed by atoms with van der Waals surface area (Å²) in [6.07, 6.45) is 0. The lowest BCUT2D eigenvalue weighted by Crippen LogP contribution is -2.53. The minimum atomic E-state index is -0.847. The standard InChI is InChI=1S/C22H25Cl2FN2O3/c1-14(21(29)26-22(2,3)4)27(12-15-7-5-6-8-18(15)25)20(28)13-30-19-10-9-16(23)11-17(19)24/h5-11,14H,12-13H2,1-4H3,(H,26,29)/t14-/m0/s1. The predicted octanol–water partition coefficient (Wildman–Crippen LogP) is 4.84. The van der Waals surface area contributed by atoms with Crippen molar-refractivity contribution in [1.29, 1.82) is 0 Å². The molecule has 0 saturated heterocycles. The summed E-state index contributed by atoms with van der Waals surface area (Å²) in [7, 11) is 0. The molecule has 2 amide bonds. The Morgan fingerprint density at radius 3 is 2.43 bits per heavy atom. The predicted molar refractivity (Wildman–Crippen MR) is 116 cm³/mol. The fourth-order valence-corrected chi connectivity index (χ4v) is 3.14. The molecule has 0 saturated carbocycles. The molecule has 0 aliphatic carbocycles. The summed E-state index contributed by atoms with van der Waals surface area (Å²) >= 11 is 11.9. The van der Waals surface area contributed by atoms with Crippen LogP contribution in [0.1, 0.15) is 33.3 Å². The van der Waals surface area contributed by atoms with Crippen molar-refractivity contribution >= 4 is 35.0 Å². The Labute approximate surface area is 186 Å². The number of amides is 2. The Morgan fingerprint density at radius 1 is 1.17 bits per heavy atom. The van der Waals surface area contributed by atoms with Crippen molar-refractivity contribution in [2.45, 2.75) is 45.8 Å².